The molecule has 0 bridgehead atoms. The third-order valence-electron chi connectivity index (χ3n) is 8.29. The Morgan fingerprint density at radius 1 is 1.10 bits per heavy atom. The Kier molecular flexibility index (Phi) is 10.6. The van der Waals surface area contributed by atoms with Gasteiger partial charge in [0.2, 0.25) is 5.91 Å². The smallest absolute Gasteiger partial charge is 0.420 e. The number of nitrogens with two attached hydrogens (primary N) is 1. The molecule has 0 spiro atoms. The van der Waals surface area contributed by atoms with E-state index < -0.39 is 87.5 Å². The molecule has 0 unspecified atom stereocenters. The molecular formula is C35H35F6N3O5. The van der Waals surface area contributed by atoms with E-state index in [0.717, 1.165) is 24.4 Å². The van der Waals surface area contributed by atoms with E-state index in [9.17, 15) is 37.1 Å². The van der Waals surface area contributed by atoms with Gasteiger partial charge in [0.25, 0.3) is 5.56 Å². The number of carbonyl (C=O) groups is 2. The van der Waals surface area contributed by atoms with Crippen LogP contribution >= 0.6 is 0 Å². The number of alkyl halides is 3. The lowest BCUT2D eigenvalue weighted by atomic mass is 9.89. The van der Waals surface area contributed by atoms with Crippen molar-refractivity contribution in [2.75, 3.05) is 6.61 Å². The van der Waals surface area contributed by atoms with Crippen LogP contribution in [0.4, 0.5) is 26.3 Å². The fraction of sp³-hybridized carbons (Fsp3) is 0.400. The monoisotopic (exact) mass is 691 g/mol. The molecule has 262 valence electrons. The molecule has 2 aromatic carbocycles. The number of carbonyl (C=O) groups excluding carboxylic acids is 1. The fourth-order valence-corrected chi connectivity index (χ4v) is 5.68. The Morgan fingerprint density at radius 2 is 1.71 bits per heavy atom. The largest absolute Gasteiger partial charge is 0.489 e. The summed E-state index contributed by atoms with van der Waals surface area (Å²) in [7, 11) is 0. The molecule has 4 rings (SSSR count). The quantitative estimate of drug-likeness (QED) is 0.151. The standard InChI is InChI=1S/C35H35F6N3O5/c1-6-20-12-22(29-18(4)10-21(36)11-19(29)5)32(38)30(31(20)37)24(14-28(46)47)43-33(48)25(9-17(2)3)44-15-26(49-16-34(42)7-8-34)23(13-27(44)45)35(39,40)41/h1,10-13,15,17,24-25H,7-9,14,16,42H2,2-5H3,(H,43,48)(H,46,47)/t24-,25-/m1/s1. The fourth-order valence-electron chi connectivity index (χ4n) is 5.68. The van der Waals surface area contributed by atoms with E-state index in [1.807, 2.05) is 0 Å². The van der Waals surface area contributed by atoms with Gasteiger partial charge in [0, 0.05) is 17.2 Å². The molecule has 1 heterocycles. The summed E-state index contributed by atoms with van der Waals surface area (Å²) in [6.07, 6.45) is 1.04. The number of aromatic nitrogens is 1. The number of hydrogen-bond donors (Lipinski definition) is 3. The van der Waals surface area contributed by atoms with Crippen LogP contribution in [0.1, 0.15) is 79.4 Å². The molecule has 2 atom stereocenters. The number of ether oxygens (including phenoxy) is 1. The highest BCUT2D eigenvalue weighted by Crippen LogP contribution is 2.40. The van der Waals surface area contributed by atoms with Gasteiger partial charge in [-0.25, -0.2) is 13.2 Å². The molecule has 1 aliphatic carbocycles. The lowest BCUT2D eigenvalue weighted by Crippen LogP contribution is -2.41. The highest BCUT2D eigenvalue weighted by atomic mass is 19.4. The first-order valence-corrected chi connectivity index (χ1v) is 15.3. The van der Waals surface area contributed by atoms with Crippen molar-refractivity contribution in [1.82, 2.24) is 9.88 Å². The summed E-state index contributed by atoms with van der Waals surface area (Å²) in [6.45, 7) is 5.97. The van der Waals surface area contributed by atoms with Gasteiger partial charge in [0.05, 0.1) is 29.8 Å². The van der Waals surface area contributed by atoms with Crippen molar-refractivity contribution in [1.29, 1.82) is 0 Å². The molecule has 4 N–H and O–H groups in total. The molecule has 1 aliphatic rings. The average Bonchev–Trinajstić information content (AvgIpc) is 3.72. The Morgan fingerprint density at radius 3 is 2.22 bits per heavy atom. The molecule has 1 saturated carbocycles. The van der Waals surface area contributed by atoms with Gasteiger partial charge in [-0.1, -0.05) is 19.8 Å². The number of benzene rings is 2. The van der Waals surface area contributed by atoms with E-state index in [0.29, 0.717) is 17.4 Å². The zero-order valence-electron chi connectivity index (χ0n) is 27.1. The summed E-state index contributed by atoms with van der Waals surface area (Å²) in [5.74, 6) is -4.98. The molecule has 1 fully saturated rings. The first kappa shape index (κ1) is 37.1. The van der Waals surface area contributed by atoms with Crippen LogP contribution in [0.3, 0.4) is 0 Å². The number of aliphatic carboxylic acids is 1. The molecule has 8 nitrogen and oxygen atoms in total. The Balaban J connectivity index is 1.85. The van der Waals surface area contributed by atoms with Gasteiger partial charge in [0.15, 0.2) is 0 Å². The van der Waals surface area contributed by atoms with Crippen molar-refractivity contribution in [3.05, 3.63) is 86.1 Å². The van der Waals surface area contributed by atoms with E-state index in [1.54, 1.807) is 13.8 Å². The predicted molar refractivity (Wildman–Crippen MR) is 168 cm³/mol. The molecule has 49 heavy (non-hydrogen) atoms. The molecule has 3 aromatic rings. The van der Waals surface area contributed by atoms with E-state index in [4.69, 9.17) is 16.9 Å². The minimum atomic E-state index is -5.00. The van der Waals surface area contributed by atoms with Crippen molar-refractivity contribution >= 4 is 11.9 Å². The number of aryl methyl sites for hydroxylation is 2. The van der Waals surface area contributed by atoms with Gasteiger partial charge in [-0.05, 0) is 73.9 Å². The number of amides is 1. The van der Waals surface area contributed by atoms with Crippen LogP contribution in [-0.4, -0.2) is 33.7 Å². The van der Waals surface area contributed by atoms with E-state index >= 15 is 8.78 Å². The maximum absolute atomic E-state index is 16.4. The maximum atomic E-state index is 16.4. The molecular weight excluding hydrogens is 656 g/mol. The summed E-state index contributed by atoms with van der Waals surface area (Å²) >= 11 is 0. The van der Waals surface area contributed by atoms with Crippen LogP contribution in [0.5, 0.6) is 5.75 Å². The number of nitrogens with one attached hydrogen (secondary N) is 1. The maximum Gasteiger partial charge on any atom is 0.420 e. The van der Waals surface area contributed by atoms with E-state index in [2.05, 4.69) is 11.2 Å². The summed E-state index contributed by atoms with van der Waals surface area (Å²) in [5, 5.41) is 12.0. The SMILES string of the molecule is C#Cc1cc(-c2c(C)cc(F)cc2C)c(F)c([C@@H](CC(=O)O)NC(=O)[C@@H](CC(C)C)n2cc(OCC3(N)CC3)c(C(F)(F)F)cc2=O)c1F. The number of halogens is 6. The Hall–Kier alpha value is -4.77. The minimum absolute atomic E-state index is 0.157. The molecule has 0 saturated heterocycles. The topological polar surface area (TPSA) is 124 Å². The predicted octanol–water partition coefficient (Wildman–Crippen LogP) is 6.34. The summed E-state index contributed by atoms with van der Waals surface area (Å²) in [5.41, 5.74) is 1.53. The number of terminal acetylenes is 1. The summed E-state index contributed by atoms with van der Waals surface area (Å²) in [4.78, 5) is 39.0. The van der Waals surface area contributed by atoms with Gasteiger partial charge in [0.1, 0.15) is 41.4 Å². The van der Waals surface area contributed by atoms with Crippen molar-refractivity contribution in [2.24, 2.45) is 11.7 Å². The minimum Gasteiger partial charge on any atom is -0.489 e. The zero-order valence-corrected chi connectivity index (χ0v) is 27.1. The average molecular weight is 692 g/mol. The van der Waals surface area contributed by atoms with E-state index in [1.165, 1.54) is 13.8 Å². The second-order valence-electron chi connectivity index (χ2n) is 12.8. The molecule has 0 aliphatic heterocycles. The number of carboxylic acid groups (broad SMARTS) is 1. The second kappa shape index (κ2) is 14.0. The molecule has 1 amide bonds. The molecule has 14 heteroatoms. The number of pyridine rings is 1. The normalized spacial score (nSPS) is 15.0. The summed E-state index contributed by atoms with van der Waals surface area (Å²) in [6, 6.07) is 0.0237. The van der Waals surface area contributed by atoms with Gasteiger partial charge in [-0.2, -0.15) is 13.2 Å². The number of carboxylic acids is 1. The van der Waals surface area contributed by atoms with Crippen LogP contribution in [0.25, 0.3) is 11.1 Å². The van der Waals surface area contributed by atoms with Gasteiger partial charge in [-0.15, -0.1) is 6.42 Å². The van der Waals surface area contributed by atoms with Crippen molar-refractivity contribution < 1.29 is 45.8 Å². The highest BCUT2D eigenvalue weighted by Gasteiger charge is 2.42. The van der Waals surface area contributed by atoms with Crippen LogP contribution in [0.2, 0.25) is 0 Å². The van der Waals surface area contributed by atoms with Crippen LogP contribution in [0, 0.1) is 49.6 Å². The van der Waals surface area contributed by atoms with Gasteiger partial charge < -0.3 is 20.9 Å². The molecule has 0 radical (unpaired) electrons. The molecule has 1 aromatic heterocycles. The Bertz CT molecular complexity index is 1870. The third kappa shape index (κ3) is 8.28. The van der Waals surface area contributed by atoms with Crippen molar-refractivity contribution in [2.45, 2.75) is 77.2 Å². The second-order valence-corrected chi connectivity index (χ2v) is 12.8. The zero-order chi connectivity index (χ0) is 36.6. The van der Waals surface area contributed by atoms with Gasteiger partial charge in [-0.3, -0.25) is 19.0 Å². The lowest BCUT2D eigenvalue weighted by molar-refractivity contribution is -0.139. The van der Waals surface area contributed by atoms with Gasteiger partial charge >= 0.3 is 12.1 Å². The van der Waals surface area contributed by atoms with Crippen LogP contribution in [-0.2, 0) is 15.8 Å². The van der Waals surface area contributed by atoms with Crippen LogP contribution < -0.4 is 21.3 Å². The van der Waals surface area contributed by atoms with Crippen LogP contribution in [0.15, 0.2) is 35.3 Å². The number of hydrogen-bond acceptors (Lipinski definition) is 5. The first-order chi connectivity index (χ1) is 22.8. The third-order valence-corrected chi connectivity index (χ3v) is 8.29. The Labute approximate surface area is 278 Å². The highest BCUT2D eigenvalue weighted by molar-refractivity contribution is 5.82. The summed E-state index contributed by atoms with van der Waals surface area (Å²) < 4.78 is 94.2. The lowest BCUT2D eigenvalue weighted by Gasteiger charge is -2.27. The van der Waals surface area contributed by atoms with E-state index in [-0.39, 0.29) is 47.3 Å². The first-order valence-electron chi connectivity index (χ1n) is 15.3. The van der Waals surface area contributed by atoms with Crippen molar-refractivity contribution in [3.8, 4) is 29.2 Å². The number of rotatable bonds is 12. The number of nitrogens with zero attached hydrogens (tertiary/aromatic N) is 1. The van der Waals surface area contributed by atoms with Crippen molar-refractivity contribution in [3.63, 3.8) is 0 Å².